The molecule has 0 bridgehead atoms. The lowest BCUT2D eigenvalue weighted by molar-refractivity contribution is 0.204. The van der Waals surface area contributed by atoms with Crippen molar-refractivity contribution in [3.8, 4) is 0 Å². The van der Waals surface area contributed by atoms with E-state index in [0.717, 1.165) is 0 Å². The van der Waals surface area contributed by atoms with Crippen molar-refractivity contribution < 1.29 is 13.2 Å². The van der Waals surface area contributed by atoms with Crippen molar-refractivity contribution in [2.24, 2.45) is 0 Å². The number of sulfonamides is 1. The predicted molar refractivity (Wildman–Crippen MR) is 80.2 cm³/mol. The fraction of sp³-hybridized carbons (Fsp3) is 0.462. The molecule has 6 nitrogen and oxygen atoms in total. The monoisotopic (exact) mass is 299 g/mol. The Hall–Kier alpha value is -1.76. The van der Waals surface area contributed by atoms with Crippen LogP contribution in [0.5, 0.6) is 0 Å². The average molecular weight is 299 g/mol. The van der Waals surface area contributed by atoms with E-state index in [4.69, 9.17) is 0 Å². The molecule has 0 saturated carbocycles. The molecular formula is C13H21N3O3S. The van der Waals surface area contributed by atoms with Gasteiger partial charge in [0, 0.05) is 25.3 Å². The Bertz CT molecular complexity index is 513. The van der Waals surface area contributed by atoms with E-state index in [-0.39, 0.29) is 18.3 Å². The van der Waals surface area contributed by atoms with Gasteiger partial charge in [-0.15, -0.1) is 0 Å². The lowest BCUT2D eigenvalue weighted by Crippen LogP contribution is -2.41. The number of hydrogen-bond acceptors (Lipinski definition) is 3. The van der Waals surface area contributed by atoms with Crippen LogP contribution in [0, 0.1) is 0 Å². The van der Waals surface area contributed by atoms with Crippen molar-refractivity contribution in [1.82, 2.24) is 10.2 Å². The number of nitrogens with zero attached hydrogens (tertiary/aromatic N) is 1. The molecule has 0 aliphatic rings. The second kappa shape index (κ2) is 7.74. The highest BCUT2D eigenvalue weighted by Gasteiger charge is 2.13. The minimum absolute atomic E-state index is 0.0809. The van der Waals surface area contributed by atoms with Gasteiger partial charge in [-0.05, 0) is 26.0 Å². The van der Waals surface area contributed by atoms with Gasteiger partial charge in [-0.25, -0.2) is 13.2 Å². The summed E-state index contributed by atoms with van der Waals surface area (Å²) >= 11 is 0. The summed E-state index contributed by atoms with van der Waals surface area (Å²) in [5.41, 5.74) is 0.516. The number of hydrogen-bond donors (Lipinski definition) is 2. The van der Waals surface area contributed by atoms with E-state index in [1.54, 1.807) is 29.2 Å². The third-order valence-corrected chi connectivity index (χ3v) is 4.03. The minimum atomic E-state index is -3.45. The Morgan fingerprint density at radius 2 is 1.75 bits per heavy atom. The maximum absolute atomic E-state index is 11.8. The van der Waals surface area contributed by atoms with Gasteiger partial charge in [0.05, 0.1) is 5.75 Å². The average Bonchev–Trinajstić information content (AvgIpc) is 2.40. The molecule has 7 heteroatoms. The van der Waals surface area contributed by atoms with E-state index in [1.165, 1.54) is 0 Å². The normalized spacial score (nSPS) is 10.9. The molecular weight excluding hydrogens is 278 g/mol. The number of rotatable bonds is 7. The summed E-state index contributed by atoms with van der Waals surface area (Å²) in [6, 6.07) is 8.41. The highest BCUT2D eigenvalue weighted by molar-refractivity contribution is 7.92. The molecule has 0 heterocycles. The van der Waals surface area contributed by atoms with Crippen molar-refractivity contribution in [2.45, 2.75) is 13.8 Å². The maximum atomic E-state index is 11.8. The number of para-hydroxylation sites is 1. The zero-order chi connectivity index (χ0) is 15.0. The fourth-order valence-electron chi connectivity index (χ4n) is 1.65. The number of carbonyl (C=O) groups is 1. The van der Waals surface area contributed by atoms with Crippen LogP contribution in [0.15, 0.2) is 30.3 Å². The quantitative estimate of drug-likeness (QED) is 0.800. The van der Waals surface area contributed by atoms with Crippen LogP contribution in [0.4, 0.5) is 10.5 Å². The highest BCUT2D eigenvalue weighted by Crippen LogP contribution is 2.07. The molecule has 2 amide bonds. The highest BCUT2D eigenvalue weighted by atomic mass is 32.2. The van der Waals surface area contributed by atoms with Crippen molar-refractivity contribution in [3.05, 3.63) is 30.3 Å². The number of amides is 2. The third-order valence-electron chi connectivity index (χ3n) is 2.74. The van der Waals surface area contributed by atoms with Gasteiger partial charge in [-0.2, -0.15) is 0 Å². The molecule has 0 aliphatic carbocycles. The van der Waals surface area contributed by atoms with Gasteiger partial charge in [0.15, 0.2) is 0 Å². The first-order chi connectivity index (χ1) is 9.48. The van der Waals surface area contributed by atoms with Gasteiger partial charge in [-0.3, -0.25) is 4.72 Å². The van der Waals surface area contributed by atoms with E-state index in [2.05, 4.69) is 10.0 Å². The van der Waals surface area contributed by atoms with Gasteiger partial charge in [0.2, 0.25) is 10.0 Å². The zero-order valence-electron chi connectivity index (χ0n) is 11.8. The van der Waals surface area contributed by atoms with E-state index in [9.17, 15) is 13.2 Å². The lowest BCUT2D eigenvalue weighted by atomic mass is 10.3. The molecule has 1 aromatic rings. The predicted octanol–water partition coefficient (Wildman–Crippen LogP) is 1.48. The zero-order valence-corrected chi connectivity index (χ0v) is 12.6. The second-order valence-corrected chi connectivity index (χ2v) is 6.03. The molecule has 2 N–H and O–H groups in total. The molecule has 112 valence electrons. The number of benzene rings is 1. The molecule has 0 radical (unpaired) electrons. The van der Waals surface area contributed by atoms with Crippen LogP contribution < -0.4 is 10.0 Å². The van der Waals surface area contributed by atoms with Crippen molar-refractivity contribution in [3.63, 3.8) is 0 Å². The topological polar surface area (TPSA) is 78.5 Å². The van der Waals surface area contributed by atoms with Gasteiger partial charge < -0.3 is 10.2 Å². The molecule has 1 aromatic carbocycles. The van der Waals surface area contributed by atoms with Gasteiger partial charge in [-0.1, -0.05) is 18.2 Å². The van der Waals surface area contributed by atoms with Crippen molar-refractivity contribution in [1.29, 1.82) is 0 Å². The summed E-state index contributed by atoms with van der Waals surface area (Å²) in [5.74, 6) is -0.158. The van der Waals surface area contributed by atoms with E-state index >= 15 is 0 Å². The summed E-state index contributed by atoms with van der Waals surface area (Å²) in [6.45, 7) is 5.01. The largest absolute Gasteiger partial charge is 0.337 e. The second-order valence-electron chi connectivity index (χ2n) is 4.19. The van der Waals surface area contributed by atoms with Crippen LogP contribution in [0.2, 0.25) is 0 Å². The number of carbonyl (C=O) groups excluding carboxylic acids is 1. The lowest BCUT2D eigenvalue weighted by Gasteiger charge is -2.19. The Balaban J connectivity index is 2.43. The van der Waals surface area contributed by atoms with Crippen LogP contribution in [-0.2, 0) is 10.0 Å². The van der Waals surface area contributed by atoms with Crippen LogP contribution in [0.1, 0.15) is 13.8 Å². The Kier molecular flexibility index (Phi) is 6.30. The number of urea groups is 1. The van der Waals surface area contributed by atoms with Crippen molar-refractivity contribution in [2.75, 3.05) is 30.1 Å². The summed E-state index contributed by atoms with van der Waals surface area (Å²) in [4.78, 5) is 13.2. The molecule has 0 unspecified atom stereocenters. The number of nitrogens with one attached hydrogen (secondary N) is 2. The van der Waals surface area contributed by atoms with Gasteiger partial charge in [0.25, 0.3) is 0 Å². The standard InChI is InChI=1S/C13H21N3O3S/c1-3-16(4-2)13(17)14-10-11-20(18,19)15-12-8-6-5-7-9-12/h5-9,15H,3-4,10-11H2,1-2H3,(H,14,17). The summed E-state index contributed by atoms with van der Waals surface area (Å²) in [7, 11) is -3.45. The Labute approximate surface area is 120 Å². The summed E-state index contributed by atoms with van der Waals surface area (Å²) < 4.78 is 26.1. The van der Waals surface area contributed by atoms with E-state index in [0.29, 0.717) is 18.8 Å². The number of anilines is 1. The van der Waals surface area contributed by atoms with Crippen LogP contribution in [-0.4, -0.2) is 44.7 Å². The van der Waals surface area contributed by atoms with E-state index in [1.807, 2.05) is 19.9 Å². The molecule has 0 spiro atoms. The van der Waals surface area contributed by atoms with Crippen LogP contribution in [0.25, 0.3) is 0 Å². The molecule has 0 aliphatic heterocycles. The van der Waals surface area contributed by atoms with Gasteiger partial charge in [0.1, 0.15) is 0 Å². The Morgan fingerprint density at radius 1 is 1.15 bits per heavy atom. The first kappa shape index (κ1) is 16.3. The SMILES string of the molecule is CCN(CC)C(=O)NCCS(=O)(=O)Nc1ccccc1. The molecule has 0 atom stereocenters. The first-order valence-corrected chi connectivity index (χ1v) is 8.22. The molecule has 0 fully saturated rings. The Morgan fingerprint density at radius 3 is 2.30 bits per heavy atom. The maximum Gasteiger partial charge on any atom is 0.317 e. The minimum Gasteiger partial charge on any atom is -0.337 e. The van der Waals surface area contributed by atoms with Crippen LogP contribution >= 0.6 is 0 Å². The van der Waals surface area contributed by atoms with Crippen molar-refractivity contribution >= 4 is 21.7 Å². The molecule has 1 rings (SSSR count). The van der Waals surface area contributed by atoms with Crippen LogP contribution in [0.3, 0.4) is 0 Å². The molecule has 0 saturated heterocycles. The molecule has 20 heavy (non-hydrogen) atoms. The summed E-state index contributed by atoms with van der Waals surface area (Å²) in [6.07, 6.45) is 0. The summed E-state index contributed by atoms with van der Waals surface area (Å²) in [5, 5.41) is 2.59. The smallest absolute Gasteiger partial charge is 0.317 e. The molecule has 0 aromatic heterocycles. The third kappa shape index (κ3) is 5.48. The van der Waals surface area contributed by atoms with Gasteiger partial charge >= 0.3 is 6.03 Å². The fourth-order valence-corrected chi connectivity index (χ4v) is 2.62. The van der Waals surface area contributed by atoms with E-state index < -0.39 is 10.0 Å². The first-order valence-electron chi connectivity index (χ1n) is 6.56.